The van der Waals surface area contributed by atoms with Crippen molar-refractivity contribution < 1.29 is 0 Å². The second-order valence-electron chi connectivity index (χ2n) is 14.0. The van der Waals surface area contributed by atoms with Gasteiger partial charge < -0.3 is 0 Å². The fraction of sp³-hybridized carbons (Fsp3) is 0.0612. The molecule has 1 aliphatic carbocycles. The zero-order chi connectivity index (χ0) is 33.6. The normalized spacial score (nSPS) is 13.6. The van der Waals surface area contributed by atoms with Gasteiger partial charge in [-0.25, -0.2) is 0 Å². The summed E-state index contributed by atoms with van der Waals surface area (Å²) in [7, 11) is 0. The van der Waals surface area contributed by atoms with Gasteiger partial charge in [-0.15, -0.1) is 11.3 Å². The molecule has 0 atom stereocenters. The number of rotatable bonds is 4. The second-order valence-corrected chi connectivity index (χ2v) is 15.1. The molecule has 8 aromatic carbocycles. The summed E-state index contributed by atoms with van der Waals surface area (Å²) >= 11 is 1.95. The first-order valence-corrected chi connectivity index (χ1v) is 18.2. The lowest BCUT2D eigenvalue weighted by atomic mass is 9.78. The molecule has 0 spiro atoms. The monoisotopic (exact) mass is 654 g/mol. The van der Waals surface area contributed by atoms with Crippen LogP contribution in [0.3, 0.4) is 0 Å². The largest absolute Gasteiger partial charge is 0.134 e. The molecule has 0 amide bonds. The first-order chi connectivity index (χ1) is 24.5. The van der Waals surface area contributed by atoms with Gasteiger partial charge in [0, 0.05) is 31.2 Å². The number of benzene rings is 8. The van der Waals surface area contributed by atoms with Gasteiger partial charge in [0.1, 0.15) is 0 Å². The Kier molecular flexibility index (Phi) is 6.35. The fourth-order valence-electron chi connectivity index (χ4n) is 8.86. The summed E-state index contributed by atoms with van der Waals surface area (Å²) in [5, 5.41) is 10.6. The van der Waals surface area contributed by atoms with Gasteiger partial charge in [0.25, 0.3) is 0 Å². The zero-order valence-corrected chi connectivity index (χ0v) is 28.9. The molecule has 0 nitrogen and oxygen atoms in total. The van der Waals surface area contributed by atoms with Gasteiger partial charge in [0.05, 0.1) is 0 Å². The van der Waals surface area contributed by atoms with Crippen LogP contribution < -0.4 is 0 Å². The van der Waals surface area contributed by atoms with Gasteiger partial charge in [0.15, 0.2) is 0 Å². The number of fused-ring (bicyclic) bond motifs is 12. The van der Waals surface area contributed by atoms with Crippen molar-refractivity contribution in [2.45, 2.75) is 19.3 Å². The van der Waals surface area contributed by atoms with Crippen LogP contribution in [0.4, 0.5) is 0 Å². The van der Waals surface area contributed by atoms with Gasteiger partial charge >= 0.3 is 0 Å². The van der Waals surface area contributed by atoms with Crippen LogP contribution in [-0.2, 0) is 5.41 Å². The summed E-state index contributed by atoms with van der Waals surface area (Å²) in [6.45, 7) is 8.73. The smallest absolute Gasteiger partial charge is 0.0443 e. The molecule has 0 N–H and O–H groups in total. The minimum absolute atomic E-state index is 0.171. The van der Waals surface area contributed by atoms with E-state index in [2.05, 4.69) is 166 Å². The fourth-order valence-corrected chi connectivity index (χ4v) is 10.1. The molecule has 0 radical (unpaired) electrons. The van der Waals surface area contributed by atoms with E-state index in [0.717, 1.165) is 0 Å². The highest BCUT2D eigenvalue weighted by atomic mass is 32.1. The Morgan fingerprint density at radius 1 is 0.540 bits per heavy atom. The molecule has 10 rings (SSSR count). The Hall–Kier alpha value is -5.76. The number of hydrogen-bond donors (Lipinski definition) is 0. The van der Waals surface area contributed by atoms with Crippen molar-refractivity contribution in [1.82, 2.24) is 0 Å². The van der Waals surface area contributed by atoms with Crippen molar-refractivity contribution in [3.63, 3.8) is 0 Å². The number of allylic oxidation sites excluding steroid dienone is 2. The van der Waals surface area contributed by atoms with Gasteiger partial charge in [-0.1, -0.05) is 160 Å². The summed E-state index contributed by atoms with van der Waals surface area (Å²) in [5.74, 6) is 0. The third kappa shape index (κ3) is 4.05. The number of hydrogen-bond acceptors (Lipinski definition) is 1. The van der Waals surface area contributed by atoms with E-state index in [1.54, 1.807) is 0 Å². The van der Waals surface area contributed by atoms with Crippen molar-refractivity contribution in [3.8, 4) is 33.4 Å². The maximum absolute atomic E-state index is 3.87. The Balaban J connectivity index is 1.26. The van der Waals surface area contributed by atoms with E-state index >= 15 is 0 Å². The molecule has 0 bridgehead atoms. The highest BCUT2D eigenvalue weighted by Gasteiger charge is 2.39. The SMILES string of the molecule is C=C/C=C\c1cccc(-c2c3ccccc3c(-c3ccc4c(c3)C(C)(C)c3c-4c4sc5ccccc5c4c4ccccc34)c3ccccc23)c1. The van der Waals surface area contributed by atoms with Gasteiger partial charge in [-0.05, 0) is 95.0 Å². The molecule has 236 valence electrons. The Morgan fingerprint density at radius 2 is 1.12 bits per heavy atom. The summed E-state index contributed by atoms with van der Waals surface area (Å²) < 4.78 is 2.76. The van der Waals surface area contributed by atoms with Crippen LogP contribution in [0.25, 0.3) is 91.9 Å². The highest BCUT2D eigenvalue weighted by Crippen LogP contribution is 2.58. The molecular formula is C49H34S. The third-order valence-electron chi connectivity index (χ3n) is 10.9. The second kappa shape index (κ2) is 10.9. The van der Waals surface area contributed by atoms with Crippen LogP contribution in [-0.4, -0.2) is 0 Å². The van der Waals surface area contributed by atoms with Crippen LogP contribution in [0.5, 0.6) is 0 Å². The number of thiophene rings is 1. The standard InChI is InChI=1S/C49H34S/c1-4-5-15-30-16-14-17-31(28-30)43-33-18-6-8-20-35(33)44(36-21-9-7-19-34(36)43)32-26-27-39-41(29-32)49(2,3)47-38-23-11-10-22-37(38)45-40-24-12-13-25-42(40)50-48(45)46(39)47/h4-29H,1H2,2-3H3/b15-5-. The van der Waals surface area contributed by atoms with Crippen molar-refractivity contribution >= 4 is 69.9 Å². The van der Waals surface area contributed by atoms with Gasteiger partial charge in [0.2, 0.25) is 0 Å². The summed E-state index contributed by atoms with van der Waals surface area (Å²) in [6, 6.07) is 52.1. The molecule has 0 aliphatic heterocycles. The summed E-state index contributed by atoms with van der Waals surface area (Å²) in [4.78, 5) is 0. The van der Waals surface area contributed by atoms with E-state index in [4.69, 9.17) is 0 Å². The van der Waals surface area contributed by atoms with Crippen LogP contribution in [0.1, 0.15) is 30.5 Å². The predicted octanol–water partition coefficient (Wildman–Crippen LogP) is 14.4. The molecule has 9 aromatic rings. The van der Waals surface area contributed by atoms with E-state index in [9.17, 15) is 0 Å². The van der Waals surface area contributed by atoms with Crippen LogP contribution in [0.2, 0.25) is 0 Å². The van der Waals surface area contributed by atoms with E-state index in [0.29, 0.717) is 0 Å². The van der Waals surface area contributed by atoms with Crippen LogP contribution in [0.15, 0.2) is 158 Å². The molecule has 1 aromatic heterocycles. The first kappa shape index (κ1) is 29.2. The summed E-state index contributed by atoms with van der Waals surface area (Å²) in [5.41, 5.74) is 11.7. The van der Waals surface area contributed by atoms with E-state index in [1.165, 1.54) is 103 Å². The molecule has 0 fully saturated rings. The van der Waals surface area contributed by atoms with Crippen molar-refractivity contribution in [1.29, 1.82) is 0 Å². The van der Waals surface area contributed by atoms with Crippen LogP contribution in [0, 0.1) is 0 Å². The lowest BCUT2D eigenvalue weighted by Gasteiger charge is -2.24. The van der Waals surface area contributed by atoms with Gasteiger partial charge in [-0.2, -0.15) is 0 Å². The van der Waals surface area contributed by atoms with E-state index in [1.807, 2.05) is 23.5 Å². The molecule has 0 saturated carbocycles. The topological polar surface area (TPSA) is 0 Å². The molecule has 1 aliphatic rings. The highest BCUT2D eigenvalue weighted by molar-refractivity contribution is 7.26. The third-order valence-corrected chi connectivity index (χ3v) is 12.1. The Morgan fingerprint density at radius 3 is 1.78 bits per heavy atom. The lowest BCUT2D eigenvalue weighted by molar-refractivity contribution is 0.667. The minimum atomic E-state index is -0.171. The summed E-state index contributed by atoms with van der Waals surface area (Å²) in [6.07, 6.45) is 5.95. The average molecular weight is 655 g/mol. The minimum Gasteiger partial charge on any atom is -0.134 e. The maximum atomic E-state index is 3.87. The average Bonchev–Trinajstić information content (AvgIpc) is 3.65. The molecule has 1 heterocycles. The van der Waals surface area contributed by atoms with E-state index in [-0.39, 0.29) is 5.41 Å². The molecule has 1 heteroatoms. The quantitative estimate of drug-likeness (QED) is 0.131. The maximum Gasteiger partial charge on any atom is 0.0443 e. The van der Waals surface area contributed by atoms with Gasteiger partial charge in [-0.3, -0.25) is 0 Å². The Bertz CT molecular complexity index is 2860. The van der Waals surface area contributed by atoms with Crippen molar-refractivity contribution in [2.24, 2.45) is 0 Å². The zero-order valence-electron chi connectivity index (χ0n) is 28.1. The molecule has 0 unspecified atom stereocenters. The van der Waals surface area contributed by atoms with E-state index < -0.39 is 0 Å². The van der Waals surface area contributed by atoms with Crippen molar-refractivity contribution in [2.75, 3.05) is 0 Å². The molecular weight excluding hydrogens is 621 g/mol. The first-order valence-electron chi connectivity index (χ1n) is 17.4. The molecule has 0 saturated heterocycles. The molecule has 50 heavy (non-hydrogen) atoms. The van der Waals surface area contributed by atoms with Crippen LogP contribution >= 0.6 is 11.3 Å². The lowest BCUT2D eigenvalue weighted by Crippen LogP contribution is -2.15. The predicted molar refractivity (Wildman–Crippen MR) is 220 cm³/mol. The van der Waals surface area contributed by atoms with Crippen molar-refractivity contribution in [3.05, 3.63) is 175 Å². The Labute approximate surface area is 296 Å².